The monoisotopic (exact) mass is 261 g/mol. The number of carboxylic acids is 1. The van der Waals surface area contributed by atoms with Crippen molar-refractivity contribution >= 4 is 23.3 Å². The van der Waals surface area contributed by atoms with Gasteiger partial charge in [-0.25, -0.2) is 14.8 Å². The van der Waals surface area contributed by atoms with Crippen LogP contribution in [0.25, 0.3) is 0 Å². The van der Waals surface area contributed by atoms with Crippen molar-refractivity contribution < 1.29 is 9.90 Å². The fourth-order valence-electron chi connectivity index (χ4n) is 2.01. The van der Waals surface area contributed by atoms with Gasteiger partial charge in [-0.05, 0) is 23.4 Å². The number of aromatic carboxylic acids is 1. The molecule has 1 aliphatic rings. The first-order chi connectivity index (χ1) is 8.74. The summed E-state index contributed by atoms with van der Waals surface area (Å²) >= 11 is 1.78. The predicted molar refractivity (Wildman–Crippen MR) is 68.1 cm³/mol. The van der Waals surface area contributed by atoms with E-state index < -0.39 is 5.97 Å². The van der Waals surface area contributed by atoms with E-state index in [9.17, 15) is 4.79 Å². The third-order valence-electron chi connectivity index (χ3n) is 2.98. The third kappa shape index (κ3) is 1.95. The van der Waals surface area contributed by atoms with Crippen LogP contribution in [0.5, 0.6) is 0 Å². The summed E-state index contributed by atoms with van der Waals surface area (Å²) in [6.07, 6.45) is 3.71. The Morgan fingerprint density at radius 2 is 2.17 bits per heavy atom. The Labute approximate surface area is 108 Å². The Hall–Kier alpha value is -1.95. The maximum Gasteiger partial charge on any atom is 0.338 e. The van der Waals surface area contributed by atoms with Crippen molar-refractivity contribution in [2.75, 3.05) is 11.4 Å². The first-order valence-electron chi connectivity index (χ1n) is 5.59. The minimum atomic E-state index is -1.000. The van der Waals surface area contributed by atoms with Gasteiger partial charge in [0.15, 0.2) is 0 Å². The summed E-state index contributed by atoms with van der Waals surface area (Å²) in [5.41, 5.74) is 1.43. The van der Waals surface area contributed by atoms with E-state index in [1.54, 1.807) is 11.3 Å². The van der Waals surface area contributed by atoms with E-state index in [0.29, 0.717) is 5.95 Å². The SMILES string of the molecule is O=C(O)c1cnc(N2CCc3sccc3C2)nc1. The lowest BCUT2D eigenvalue weighted by molar-refractivity contribution is 0.0696. The van der Waals surface area contributed by atoms with E-state index in [2.05, 4.69) is 26.3 Å². The van der Waals surface area contributed by atoms with Gasteiger partial charge >= 0.3 is 5.97 Å². The zero-order chi connectivity index (χ0) is 12.5. The minimum absolute atomic E-state index is 0.118. The Morgan fingerprint density at radius 3 is 2.89 bits per heavy atom. The summed E-state index contributed by atoms with van der Waals surface area (Å²) in [6, 6.07) is 2.12. The quantitative estimate of drug-likeness (QED) is 0.893. The molecule has 18 heavy (non-hydrogen) atoms. The number of rotatable bonds is 2. The summed E-state index contributed by atoms with van der Waals surface area (Å²) in [5.74, 6) is -0.405. The minimum Gasteiger partial charge on any atom is -0.478 e. The van der Waals surface area contributed by atoms with Gasteiger partial charge in [-0.2, -0.15) is 0 Å². The van der Waals surface area contributed by atoms with Gasteiger partial charge in [-0.15, -0.1) is 11.3 Å². The molecule has 92 valence electrons. The molecule has 0 saturated carbocycles. The predicted octanol–water partition coefficient (Wildman–Crippen LogP) is 1.80. The zero-order valence-corrected chi connectivity index (χ0v) is 10.4. The number of carboxylic acid groups (broad SMARTS) is 1. The topological polar surface area (TPSA) is 66.3 Å². The summed E-state index contributed by atoms with van der Waals surface area (Å²) < 4.78 is 0. The fourth-order valence-corrected chi connectivity index (χ4v) is 2.90. The van der Waals surface area contributed by atoms with Crippen LogP contribution in [0.15, 0.2) is 23.8 Å². The third-order valence-corrected chi connectivity index (χ3v) is 4.00. The maximum absolute atomic E-state index is 10.7. The molecule has 5 nitrogen and oxygen atoms in total. The molecule has 3 rings (SSSR count). The van der Waals surface area contributed by atoms with Gasteiger partial charge in [0, 0.05) is 30.4 Å². The van der Waals surface area contributed by atoms with Crippen LogP contribution >= 0.6 is 11.3 Å². The van der Waals surface area contributed by atoms with Crippen LogP contribution in [0, 0.1) is 0 Å². The lowest BCUT2D eigenvalue weighted by Crippen LogP contribution is -2.30. The molecule has 2 aromatic rings. The largest absolute Gasteiger partial charge is 0.478 e. The smallest absolute Gasteiger partial charge is 0.338 e. The number of hydrogen-bond acceptors (Lipinski definition) is 5. The first-order valence-corrected chi connectivity index (χ1v) is 6.47. The molecule has 0 fully saturated rings. The van der Waals surface area contributed by atoms with Gasteiger partial charge in [0.25, 0.3) is 0 Å². The van der Waals surface area contributed by atoms with Crippen molar-refractivity contribution in [1.82, 2.24) is 9.97 Å². The molecule has 0 unspecified atom stereocenters. The lowest BCUT2D eigenvalue weighted by atomic mass is 10.1. The van der Waals surface area contributed by atoms with E-state index >= 15 is 0 Å². The molecule has 3 heterocycles. The zero-order valence-electron chi connectivity index (χ0n) is 9.54. The molecule has 1 N–H and O–H groups in total. The van der Waals surface area contributed by atoms with E-state index in [4.69, 9.17) is 5.11 Å². The Morgan fingerprint density at radius 1 is 1.39 bits per heavy atom. The summed E-state index contributed by atoms with van der Waals surface area (Å²) in [7, 11) is 0. The second kappa shape index (κ2) is 4.38. The second-order valence-electron chi connectivity index (χ2n) is 4.12. The fraction of sp³-hybridized carbons (Fsp3) is 0.250. The van der Waals surface area contributed by atoms with E-state index in [1.807, 2.05) is 0 Å². The highest BCUT2D eigenvalue weighted by molar-refractivity contribution is 7.10. The molecule has 0 bridgehead atoms. The van der Waals surface area contributed by atoms with Crippen LogP contribution in [0.2, 0.25) is 0 Å². The summed E-state index contributed by atoms with van der Waals surface area (Å²) in [5, 5.41) is 10.9. The van der Waals surface area contributed by atoms with E-state index in [0.717, 1.165) is 19.5 Å². The van der Waals surface area contributed by atoms with Crippen molar-refractivity contribution in [2.24, 2.45) is 0 Å². The number of hydrogen-bond donors (Lipinski definition) is 1. The highest BCUT2D eigenvalue weighted by Crippen LogP contribution is 2.25. The number of anilines is 1. The number of nitrogens with zero attached hydrogens (tertiary/aromatic N) is 3. The van der Waals surface area contributed by atoms with Crippen LogP contribution in [-0.2, 0) is 13.0 Å². The number of fused-ring (bicyclic) bond motifs is 1. The van der Waals surface area contributed by atoms with Gasteiger partial charge in [0.2, 0.25) is 5.95 Å². The average Bonchev–Trinajstić information content (AvgIpc) is 2.86. The molecule has 0 atom stereocenters. The van der Waals surface area contributed by atoms with Gasteiger partial charge in [-0.1, -0.05) is 0 Å². The molecule has 0 aromatic carbocycles. The van der Waals surface area contributed by atoms with Gasteiger partial charge in [-0.3, -0.25) is 0 Å². The molecule has 0 saturated heterocycles. The highest BCUT2D eigenvalue weighted by Gasteiger charge is 2.19. The van der Waals surface area contributed by atoms with Gasteiger partial charge in [0.1, 0.15) is 0 Å². The molecule has 0 aliphatic carbocycles. The van der Waals surface area contributed by atoms with Crippen LogP contribution in [-0.4, -0.2) is 27.6 Å². The highest BCUT2D eigenvalue weighted by atomic mass is 32.1. The first kappa shape index (κ1) is 11.2. The molecule has 2 aromatic heterocycles. The normalized spacial score (nSPS) is 14.3. The number of thiophene rings is 1. The lowest BCUT2D eigenvalue weighted by Gasteiger charge is -2.26. The Kier molecular flexibility index (Phi) is 2.71. The average molecular weight is 261 g/mol. The van der Waals surface area contributed by atoms with Crippen LogP contribution in [0.3, 0.4) is 0 Å². The van der Waals surface area contributed by atoms with Crippen LogP contribution < -0.4 is 4.90 Å². The molecular formula is C12H11N3O2S. The molecule has 1 aliphatic heterocycles. The molecule has 0 amide bonds. The standard InChI is InChI=1S/C12H11N3O2S/c16-11(17)9-5-13-12(14-6-9)15-3-1-10-8(7-15)2-4-18-10/h2,4-6H,1,3,7H2,(H,16,17). The van der Waals surface area contributed by atoms with Crippen molar-refractivity contribution in [1.29, 1.82) is 0 Å². The van der Waals surface area contributed by atoms with Crippen molar-refractivity contribution in [3.8, 4) is 0 Å². The summed E-state index contributed by atoms with van der Waals surface area (Å²) in [6.45, 7) is 1.67. The van der Waals surface area contributed by atoms with E-state index in [1.165, 1.54) is 22.8 Å². The molecule has 0 radical (unpaired) electrons. The van der Waals surface area contributed by atoms with Gasteiger partial charge in [0.05, 0.1) is 5.56 Å². The van der Waals surface area contributed by atoms with Crippen molar-refractivity contribution in [3.05, 3.63) is 39.8 Å². The molecule has 6 heteroatoms. The maximum atomic E-state index is 10.7. The van der Waals surface area contributed by atoms with Crippen LogP contribution in [0.1, 0.15) is 20.8 Å². The summed E-state index contributed by atoms with van der Waals surface area (Å²) in [4.78, 5) is 22.5. The van der Waals surface area contributed by atoms with Crippen molar-refractivity contribution in [3.63, 3.8) is 0 Å². The Balaban J connectivity index is 1.82. The molecule has 0 spiro atoms. The number of carbonyl (C=O) groups is 1. The second-order valence-corrected chi connectivity index (χ2v) is 5.12. The van der Waals surface area contributed by atoms with E-state index in [-0.39, 0.29) is 5.56 Å². The van der Waals surface area contributed by atoms with Gasteiger partial charge < -0.3 is 10.0 Å². The Bertz CT molecular complexity index is 579. The van der Waals surface area contributed by atoms with Crippen molar-refractivity contribution in [2.45, 2.75) is 13.0 Å². The van der Waals surface area contributed by atoms with Crippen LogP contribution in [0.4, 0.5) is 5.95 Å². The molecular weight excluding hydrogens is 250 g/mol. The number of aromatic nitrogens is 2.